The van der Waals surface area contributed by atoms with Gasteiger partial charge in [0.25, 0.3) is 5.91 Å². The Morgan fingerprint density at radius 3 is 2.93 bits per heavy atom. The lowest BCUT2D eigenvalue weighted by Crippen LogP contribution is -2.26. The molecule has 1 aromatic carbocycles. The number of nitrogens with one attached hydrogen (secondary N) is 1. The van der Waals surface area contributed by atoms with E-state index in [1.165, 1.54) is 22.9 Å². The highest BCUT2D eigenvalue weighted by molar-refractivity contribution is 7.99. The van der Waals surface area contributed by atoms with Gasteiger partial charge >= 0.3 is 0 Å². The molecule has 3 aromatic rings. The van der Waals surface area contributed by atoms with Crippen LogP contribution in [0.5, 0.6) is 0 Å². The fraction of sp³-hybridized carbons (Fsp3) is 0.333. The monoisotopic (exact) mass is 393 g/mol. The van der Waals surface area contributed by atoms with E-state index in [4.69, 9.17) is 0 Å². The SMILES string of the molecule is Cc1ccc(Sc2ncccc2C(=O)NCc2nnc3n2CCCC3)cc1C. The van der Waals surface area contributed by atoms with E-state index in [1.54, 1.807) is 12.3 Å². The van der Waals surface area contributed by atoms with Crippen molar-refractivity contribution in [2.45, 2.75) is 56.1 Å². The fourth-order valence-electron chi connectivity index (χ4n) is 3.29. The largest absolute Gasteiger partial charge is 0.345 e. The number of benzene rings is 1. The van der Waals surface area contributed by atoms with Crippen molar-refractivity contribution in [1.82, 2.24) is 25.1 Å². The Hall–Kier alpha value is -2.67. The van der Waals surface area contributed by atoms with Crippen molar-refractivity contribution >= 4 is 17.7 Å². The van der Waals surface area contributed by atoms with Crippen LogP contribution in [0.2, 0.25) is 0 Å². The van der Waals surface area contributed by atoms with Gasteiger partial charge in [-0.2, -0.15) is 0 Å². The van der Waals surface area contributed by atoms with Crippen molar-refractivity contribution in [2.24, 2.45) is 0 Å². The predicted octanol–water partition coefficient (Wildman–Crippen LogP) is 3.71. The van der Waals surface area contributed by atoms with Crippen molar-refractivity contribution in [2.75, 3.05) is 0 Å². The summed E-state index contributed by atoms with van der Waals surface area (Å²) in [7, 11) is 0. The van der Waals surface area contributed by atoms with E-state index in [2.05, 4.69) is 57.1 Å². The molecule has 1 N–H and O–H groups in total. The molecule has 0 fully saturated rings. The predicted molar refractivity (Wildman–Crippen MR) is 108 cm³/mol. The van der Waals surface area contributed by atoms with Crippen LogP contribution >= 0.6 is 11.8 Å². The van der Waals surface area contributed by atoms with Crippen LogP contribution in [0.25, 0.3) is 0 Å². The molecular weight excluding hydrogens is 370 g/mol. The molecule has 4 rings (SSSR count). The van der Waals surface area contributed by atoms with Gasteiger partial charge in [0.15, 0.2) is 5.82 Å². The number of fused-ring (bicyclic) bond motifs is 1. The van der Waals surface area contributed by atoms with Gasteiger partial charge in [0.2, 0.25) is 0 Å². The Bertz CT molecular complexity index is 1010. The first-order valence-electron chi connectivity index (χ1n) is 9.51. The summed E-state index contributed by atoms with van der Waals surface area (Å²) in [5.41, 5.74) is 3.05. The summed E-state index contributed by atoms with van der Waals surface area (Å²) >= 11 is 1.51. The standard InChI is InChI=1S/C21H23N5OS/c1-14-8-9-16(12-15(14)2)28-21-17(6-5-10-22-21)20(27)23-13-19-25-24-18-7-3-4-11-26(18)19/h5-6,8-10,12H,3-4,7,11,13H2,1-2H3,(H,23,27). The maximum atomic E-state index is 12.8. The lowest BCUT2D eigenvalue weighted by molar-refractivity contribution is 0.0945. The average molecular weight is 394 g/mol. The second-order valence-corrected chi connectivity index (χ2v) is 8.09. The van der Waals surface area contributed by atoms with Crippen LogP contribution in [0.4, 0.5) is 0 Å². The summed E-state index contributed by atoms with van der Waals surface area (Å²) in [6.07, 6.45) is 4.96. The van der Waals surface area contributed by atoms with Crippen molar-refractivity contribution in [1.29, 1.82) is 0 Å². The molecule has 0 spiro atoms. The highest BCUT2D eigenvalue weighted by Crippen LogP contribution is 2.30. The van der Waals surface area contributed by atoms with Crippen molar-refractivity contribution in [3.8, 4) is 0 Å². The maximum Gasteiger partial charge on any atom is 0.254 e. The van der Waals surface area contributed by atoms with E-state index in [0.717, 1.165) is 42.4 Å². The van der Waals surface area contributed by atoms with E-state index >= 15 is 0 Å². The Labute approximate surface area is 168 Å². The zero-order chi connectivity index (χ0) is 19.5. The van der Waals surface area contributed by atoms with Gasteiger partial charge in [0.05, 0.1) is 12.1 Å². The molecule has 3 heterocycles. The minimum absolute atomic E-state index is 0.146. The first-order chi connectivity index (χ1) is 13.6. The number of aromatic nitrogens is 4. The van der Waals surface area contributed by atoms with E-state index in [-0.39, 0.29) is 5.91 Å². The van der Waals surface area contributed by atoms with Crippen molar-refractivity contribution in [3.05, 3.63) is 64.9 Å². The van der Waals surface area contributed by atoms with E-state index in [1.807, 2.05) is 6.07 Å². The van der Waals surface area contributed by atoms with E-state index in [9.17, 15) is 4.79 Å². The highest BCUT2D eigenvalue weighted by Gasteiger charge is 2.18. The average Bonchev–Trinajstić information content (AvgIpc) is 3.12. The minimum Gasteiger partial charge on any atom is -0.345 e. The van der Waals surface area contributed by atoms with Crippen LogP contribution in [0.3, 0.4) is 0 Å². The third kappa shape index (κ3) is 3.94. The number of nitrogens with zero attached hydrogens (tertiary/aromatic N) is 4. The molecule has 1 aliphatic heterocycles. The first-order valence-corrected chi connectivity index (χ1v) is 10.3. The lowest BCUT2D eigenvalue weighted by atomic mass is 10.1. The topological polar surface area (TPSA) is 72.7 Å². The van der Waals surface area contributed by atoms with Gasteiger partial charge in [-0.05, 0) is 62.1 Å². The molecule has 0 saturated heterocycles. The minimum atomic E-state index is -0.146. The molecule has 7 heteroatoms. The Morgan fingerprint density at radius 1 is 1.18 bits per heavy atom. The quantitative estimate of drug-likeness (QED) is 0.715. The highest BCUT2D eigenvalue weighted by atomic mass is 32.2. The maximum absolute atomic E-state index is 12.8. The Kier molecular flexibility index (Phi) is 5.43. The molecule has 28 heavy (non-hydrogen) atoms. The number of carbonyl (C=O) groups is 1. The van der Waals surface area contributed by atoms with E-state index in [0.29, 0.717) is 17.1 Å². The van der Waals surface area contributed by atoms with Gasteiger partial charge in [-0.1, -0.05) is 17.8 Å². The molecule has 1 aliphatic rings. The second-order valence-electron chi connectivity index (χ2n) is 7.03. The number of carbonyl (C=O) groups excluding carboxylic acids is 1. The van der Waals surface area contributed by atoms with Crippen LogP contribution in [-0.2, 0) is 19.5 Å². The summed E-state index contributed by atoms with van der Waals surface area (Å²) in [6.45, 7) is 5.47. The van der Waals surface area contributed by atoms with Gasteiger partial charge in [0, 0.05) is 24.1 Å². The molecular formula is C21H23N5OS. The third-order valence-corrected chi connectivity index (χ3v) is 6.06. The zero-order valence-electron chi connectivity index (χ0n) is 16.1. The molecule has 0 bridgehead atoms. The fourth-order valence-corrected chi connectivity index (χ4v) is 4.27. The number of hydrogen-bond acceptors (Lipinski definition) is 5. The van der Waals surface area contributed by atoms with Crippen molar-refractivity contribution < 1.29 is 4.79 Å². The Balaban J connectivity index is 1.49. The smallest absolute Gasteiger partial charge is 0.254 e. The lowest BCUT2D eigenvalue weighted by Gasteiger charge is -2.15. The van der Waals surface area contributed by atoms with Crippen LogP contribution in [0.15, 0.2) is 46.5 Å². The third-order valence-electron chi connectivity index (χ3n) is 5.05. The Morgan fingerprint density at radius 2 is 2.07 bits per heavy atom. The number of hydrogen-bond donors (Lipinski definition) is 1. The second kappa shape index (κ2) is 8.14. The molecule has 0 saturated carbocycles. The summed E-state index contributed by atoms with van der Waals surface area (Å²) in [6, 6.07) is 9.88. The van der Waals surface area contributed by atoms with Gasteiger partial charge in [0.1, 0.15) is 10.9 Å². The molecule has 0 unspecified atom stereocenters. The van der Waals surface area contributed by atoms with Crippen LogP contribution in [0.1, 0.15) is 46.0 Å². The van der Waals surface area contributed by atoms with Gasteiger partial charge in [-0.25, -0.2) is 4.98 Å². The molecule has 6 nitrogen and oxygen atoms in total. The van der Waals surface area contributed by atoms with Crippen LogP contribution in [-0.4, -0.2) is 25.7 Å². The van der Waals surface area contributed by atoms with Crippen LogP contribution in [0, 0.1) is 13.8 Å². The summed E-state index contributed by atoms with van der Waals surface area (Å²) in [4.78, 5) is 18.3. The van der Waals surface area contributed by atoms with Gasteiger partial charge in [-0.15, -0.1) is 10.2 Å². The van der Waals surface area contributed by atoms with E-state index < -0.39 is 0 Å². The molecule has 0 atom stereocenters. The zero-order valence-corrected chi connectivity index (χ0v) is 16.9. The number of pyridine rings is 1. The summed E-state index contributed by atoms with van der Waals surface area (Å²) < 4.78 is 2.12. The molecule has 1 amide bonds. The normalized spacial score (nSPS) is 13.2. The van der Waals surface area contributed by atoms with Gasteiger partial charge < -0.3 is 9.88 Å². The molecule has 0 radical (unpaired) electrons. The molecule has 144 valence electrons. The molecule has 0 aliphatic carbocycles. The van der Waals surface area contributed by atoms with Gasteiger partial charge in [-0.3, -0.25) is 4.79 Å². The first kappa shape index (κ1) is 18.7. The van der Waals surface area contributed by atoms with Crippen LogP contribution < -0.4 is 5.32 Å². The molecule has 2 aromatic heterocycles. The summed E-state index contributed by atoms with van der Waals surface area (Å²) in [5, 5.41) is 12.2. The van der Waals surface area contributed by atoms with Crippen molar-refractivity contribution in [3.63, 3.8) is 0 Å². The number of aryl methyl sites for hydroxylation is 3. The summed E-state index contributed by atoms with van der Waals surface area (Å²) in [5.74, 6) is 1.69. The number of amides is 1. The number of rotatable bonds is 5.